The molecule has 0 saturated heterocycles. The molecule has 0 bridgehead atoms. The minimum Gasteiger partial charge on any atom is -0.351 e. The summed E-state index contributed by atoms with van der Waals surface area (Å²) in [5.74, 6) is -0.988. The van der Waals surface area contributed by atoms with E-state index < -0.39 is 0 Å². The van der Waals surface area contributed by atoms with Gasteiger partial charge in [0, 0.05) is 31.0 Å². The normalized spacial score (nSPS) is 13.0. The molecule has 0 atom stereocenters. The Hall–Kier alpha value is -3.06. The number of fused-ring (bicyclic) bond motifs is 1. The van der Waals surface area contributed by atoms with Crippen molar-refractivity contribution in [1.82, 2.24) is 20.5 Å². The van der Waals surface area contributed by atoms with E-state index in [1.165, 1.54) is 11.0 Å². The predicted molar refractivity (Wildman–Crippen MR) is 100 cm³/mol. The van der Waals surface area contributed by atoms with Crippen LogP contribution in [-0.4, -0.2) is 47.2 Å². The average Bonchev–Trinajstić information content (AvgIpc) is 2.93. The number of benzene rings is 1. The van der Waals surface area contributed by atoms with Crippen LogP contribution in [0.1, 0.15) is 50.0 Å². The van der Waals surface area contributed by atoms with Crippen molar-refractivity contribution in [3.05, 3.63) is 65.0 Å². The maximum atomic E-state index is 12.7. The molecule has 1 aliphatic heterocycles. The summed E-state index contributed by atoms with van der Waals surface area (Å²) in [6.07, 6.45) is 4.27. The highest BCUT2D eigenvalue weighted by molar-refractivity contribution is 6.22. The van der Waals surface area contributed by atoms with Crippen LogP contribution >= 0.6 is 0 Å². The molecular formula is C20H22N4O3. The molecule has 2 heterocycles. The zero-order valence-corrected chi connectivity index (χ0v) is 15.2. The van der Waals surface area contributed by atoms with Crippen LogP contribution in [0.2, 0.25) is 0 Å². The molecule has 7 heteroatoms. The second-order valence-corrected chi connectivity index (χ2v) is 6.32. The second kappa shape index (κ2) is 8.55. The summed E-state index contributed by atoms with van der Waals surface area (Å²) in [6.45, 7) is 4.34. The van der Waals surface area contributed by atoms with Gasteiger partial charge >= 0.3 is 0 Å². The van der Waals surface area contributed by atoms with E-state index in [4.69, 9.17) is 0 Å². The molecule has 2 N–H and O–H groups in total. The van der Waals surface area contributed by atoms with Crippen LogP contribution < -0.4 is 10.6 Å². The molecule has 2 aromatic rings. The Kier molecular flexibility index (Phi) is 5.93. The third-order valence-corrected chi connectivity index (χ3v) is 4.34. The van der Waals surface area contributed by atoms with E-state index in [2.05, 4.69) is 22.5 Å². The van der Waals surface area contributed by atoms with Gasteiger partial charge in [-0.15, -0.1) is 0 Å². The van der Waals surface area contributed by atoms with Gasteiger partial charge < -0.3 is 10.6 Å². The van der Waals surface area contributed by atoms with Crippen molar-refractivity contribution in [3.63, 3.8) is 0 Å². The van der Waals surface area contributed by atoms with E-state index >= 15 is 0 Å². The summed E-state index contributed by atoms with van der Waals surface area (Å²) in [6, 6.07) is 8.14. The number of nitrogens with one attached hydrogen (secondary N) is 2. The first-order chi connectivity index (χ1) is 13.1. The van der Waals surface area contributed by atoms with E-state index in [0.717, 1.165) is 18.5 Å². The van der Waals surface area contributed by atoms with Crippen molar-refractivity contribution < 1.29 is 14.4 Å². The summed E-state index contributed by atoms with van der Waals surface area (Å²) in [7, 11) is 0. The highest BCUT2D eigenvalue weighted by Gasteiger charge is 2.35. The first kappa shape index (κ1) is 18.7. The van der Waals surface area contributed by atoms with Gasteiger partial charge in [0.2, 0.25) is 0 Å². The van der Waals surface area contributed by atoms with E-state index in [-0.39, 0.29) is 29.8 Å². The highest BCUT2D eigenvalue weighted by atomic mass is 16.2. The predicted octanol–water partition coefficient (Wildman–Crippen LogP) is 1.61. The Morgan fingerprint density at radius 1 is 1.00 bits per heavy atom. The van der Waals surface area contributed by atoms with Gasteiger partial charge in [-0.25, -0.2) is 0 Å². The number of hydrogen-bond acceptors (Lipinski definition) is 5. The lowest BCUT2D eigenvalue weighted by Crippen LogP contribution is -2.32. The molecule has 27 heavy (non-hydrogen) atoms. The van der Waals surface area contributed by atoms with Crippen LogP contribution in [0.4, 0.5) is 0 Å². The van der Waals surface area contributed by atoms with Gasteiger partial charge in [-0.05, 0) is 48.9 Å². The molecule has 1 aromatic heterocycles. The van der Waals surface area contributed by atoms with Crippen LogP contribution in [0.5, 0.6) is 0 Å². The number of imide groups is 1. The molecule has 0 fully saturated rings. The third-order valence-electron chi connectivity index (χ3n) is 4.34. The molecule has 1 aliphatic rings. The molecule has 1 aromatic carbocycles. The van der Waals surface area contributed by atoms with Gasteiger partial charge in [-0.3, -0.25) is 24.3 Å². The van der Waals surface area contributed by atoms with Gasteiger partial charge in [0.1, 0.15) is 0 Å². The van der Waals surface area contributed by atoms with Crippen LogP contribution in [0, 0.1) is 0 Å². The Morgan fingerprint density at radius 3 is 2.48 bits per heavy atom. The first-order valence-electron chi connectivity index (χ1n) is 9.00. The number of nitrogens with zero attached hydrogens (tertiary/aromatic N) is 2. The number of amides is 3. The molecule has 0 radical (unpaired) electrons. The lowest BCUT2D eigenvalue weighted by Gasteiger charge is -2.13. The minimum absolute atomic E-state index is 0.180. The van der Waals surface area contributed by atoms with E-state index in [1.54, 1.807) is 36.7 Å². The Bertz CT molecular complexity index is 852. The van der Waals surface area contributed by atoms with Crippen LogP contribution in [0.25, 0.3) is 0 Å². The van der Waals surface area contributed by atoms with Crippen molar-refractivity contribution in [2.75, 3.05) is 19.6 Å². The van der Waals surface area contributed by atoms with Crippen molar-refractivity contribution in [3.8, 4) is 0 Å². The zero-order chi connectivity index (χ0) is 19.2. The van der Waals surface area contributed by atoms with Crippen molar-refractivity contribution in [1.29, 1.82) is 0 Å². The maximum absolute atomic E-state index is 12.7. The standard InChI is InChI=1S/C20H22N4O3/c1-2-7-21-10-11-23-18(25)15-3-4-16-17(12-15)20(27)24(19(16)26)13-14-5-8-22-9-6-14/h3-6,8-9,12,21H,2,7,10-11,13H2,1H3,(H,23,25). The van der Waals surface area contributed by atoms with Crippen molar-refractivity contribution in [2.24, 2.45) is 0 Å². The molecule has 0 unspecified atom stereocenters. The molecule has 0 aliphatic carbocycles. The van der Waals surface area contributed by atoms with Crippen molar-refractivity contribution in [2.45, 2.75) is 19.9 Å². The number of pyridine rings is 1. The quantitative estimate of drug-likeness (QED) is 0.547. The molecular weight excluding hydrogens is 344 g/mol. The topological polar surface area (TPSA) is 91.4 Å². The lowest BCUT2D eigenvalue weighted by molar-refractivity contribution is 0.0642. The summed E-state index contributed by atoms with van der Waals surface area (Å²) < 4.78 is 0. The number of carbonyl (C=O) groups excluding carboxylic acids is 3. The lowest BCUT2D eigenvalue weighted by atomic mass is 10.1. The minimum atomic E-state index is -0.383. The summed E-state index contributed by atoms with van der Waals surface area (Å²) in [4.78, 5) is 42.6. The smallest absolute Gasteiger partial charge is 0.261 e. The number of rotatable bonds is 8. The molecule has 140 valence electrons. The maximum Gasteiger partial charge on any atom is 0.261 e. The van der Waals surface area contributed by atoms with Gasteiger partial charge in [0.15, 0.2) is 0 Å². The average molecular weight is 366 g/mol. The van der Waals surface area contributed by atoms with E-state index in [1.807, 2.05) is 0 Å². The van der Waals surface area contributed by atoms with Gasteiger partial charge in [-0.2, -0.15) is 0 Å². The molecule has 0 saturated carbocycles. The molecule has 0 spiro atoms. The van der Waals surface area contributed by atoms with Gasteiger partial charge in [0.05, 0.1) is 17.7 Å². The van der Waals surface area contributed by atoms with E-state index in [0.29, 0.717) is 24.2 Å². The summed E-state index contributed by atoms with van der Waals surface area (Å²) in [5.41, 5.74) is 1.79. The Balaban J connectivity index is 1.68. The summed E-state index contributed by atoms with van der Waals surface area (Å²) >= 11 is 0. The number of aromatic nitrogens is 1. The SMILES string of the molecule is CCCNCCNC(=O)c1ccc2c(c1)C(=O)N(Cc1ccncc1)C2=O. The zero-order valence-electron chi connectivity index (χ0n) is 15.2. The Labute approximate surface area is 157 Å². The first-order valence-corrected chi connectivity index (χ1v) is 9.00. The summed E-state index contributed by atoms with van der Waals surface area (Å²) in [5, 5.41) is 6.01. The largest absolute Gasteiger partial charge is 0.351 e. The monoisotopic (exact) mass is 366 g/mol. The fourth-order valence-corrected chi connectivity index (χ4v) is 2.91. The fraction of sp³-hybridized carbons (Fsp3) is 0.300. The van der Waals surface area contributed by atoms with Crippen molar-refractivity contribution >= 4 is 17.7 Å². The molecule has 3 amide bonds. The molecule has 3 rings (SSSR count). The molecule has 7 nitrogen and oxygen atoms in total. The van der Waals surface area contributed by atoms with Crippen LogP contribution in [0.3, 0.4) is 0 Å². The third kappa shape index (κ3) is 4.20. The highest BCUT2D eigenvalue weighted by Crippen LogP contribution is 2.25. The number of hydrogen-bond donors (Lipinski definition) is 2. The fourth-order valence-electron chi connectivity index (χ4n) is 2.91. The second-order valence-electron chi connectivity index (χ2n) is 6.32. The van der Waals surface area contributed by atoms with E-state index in [9.17, 15) is 14.4 Å². The van der Waals surface area contributed by atoms with Gasteiger partial charge in [-0.1, -0.05) is 6.92 Å². The van der Waals surface area contributed by atoms with Gasteiger partial charge in [0.25, 0.3) is 17.7 Å². The Morgan fingerprint density at radius 2 is 1.74 bits per heavy atom. The van der Waals surface area contributed by atoms with Crippen LogP contribution in [-0.2, 0) is 6.54 Å². The number of carbonyl (C=O) groups is 3. The van der Waals surface area contributed by atoms with Crippen LogP contribution in [0.15, 0.2) is 42.7 Å².